The standard InChI is InChI=1S/C16H30N4O2S/c1-12(21)18-8-4-6-10-22-9-5-2-3-7-14-15-13(11-23-14)19-16(17)20-15/h13-15H,2-11H2,1H3,(H,18,21)(H3,17,19,20)/t13-,14-,15-/m0/s1. The van der Waals surface area contributed by atoms with Crippen molar-refractivity contribution >= 4 is 23.6 Å². The van der Waals surface area contributed by atoms with Gasteiger partial charge in [0.05, 0.1) is 12.1 Å². The molecule has 2 aliphatic heterocycles. The summed E-state index contributed by atoms with van der Waals surface area (Å²) in [4.78, 5) is 15.2. The number of thioether (sulfide) groups is 1. The zero-order chi connectivity index (χ0) is 16.5. The molecule has 0 saturated carbocycles. The van der Waals surface area contributed by atoms with Crippen molar-refractivity contribution in [3.63, 3.8) is 0 Å². The van der Waals surface area contributed by atoms with E-state index in [0.29, 0.717) is 23.3 Å². The van der Waals surface area contributed by atoms with Crippen molar-refractivity contribution in [1.29, 1.82) is 0 Å². The lowest BCUT2D eigenvalue weighted by Crippen LogP contribution is -2.38. The van der Waals surface area contributed by atoms with Gasteiger partial charge in [-0.2, -0.15) is 11.8 Å². The molecule has 0 bridgehead atoms. The van der Waals surface area contributed by atoms with Crippen molar-refractivity contribution in [3.8, 4) is 0 Å². The summed E-state index contributed by atoms with van der Waals surface area (Å²) >= 11 is 2.03. The van der Waals surface area contributed by atoms with Crippen LogP contribution in [0.1, 0.15) is 45.4 Å². The number of fused-ring (bicyclic) bond motifs is 1. The molecule has 2 rings (SSSR count). The van der Waals surface area contributed by atoms with Gasteiger partial charge in [-0.25, -0.2) is 4.99 Å². The van der Waals surface area contributed by atoms with Gasteiger partial charge in [-0.1, -0.05) is 12.8 Å². The Hall–Kier alpha value is -0.950. The summed E-state index contributed by atoms with van der Waals surface area (Å²) in [5, 5.41) is 6.67. The van der Waals surface area contributed by atoms with Crippen molar-refractivity contribution in [2.45, 2.75) is 62.8 Å². The number of nitrogens with one attached hydrogen (secondary N) is 2. The van der Waals surface area contributed by atoms with Crippen LogP contribution in [-0.4, -0.2) is 54.7 Å². The highest BCUT2D eigenvalue weighted by atomic mass is 32.2. The molecule has 1 amide bonds. The number of nitrogens with zero attached hydrogens (tertiary/aromatic N) is 1. The van der Waals surface area contributed by atoms with E-state index in [9.17, 15) is 4.79 Å². The predicted molar refractivity (Wildman–Crippen MR) is 95.8 cm³/mol. The predicted octanol–water partition coefficient (Wildman–Crippen LogP) is 1.25. The molecule has 2 aliphatic rings. The molecular weight excluding hydrogens is 312 g/mol. The zero-order valence-corrected chi connectivity index (χ0v) is 14.9. The Morgan fingerprint density at radius 3 is 2.91 bits per heavy atom. The van der Waals surface area contributed by atoms with Crippen LogP contribution in [0.3, 0.4) is 0 Å². The fraction of sp³-hybridized carbons (Fsp3) is 0.875. The minimum absolute atomic E-state index is 0.0411. The Morgan fingerprint density at radius 2 is 2.13 bits per heavy atom. The summed E-state index contributed by atoms with van der Waals surface area (Å²) < 4.78 is 5.63. The van der Waals surface area contributed by atoms with E-state index in [1.807, 2.05) is 11.8 Å². The van der Waals surface area contributed by atoms with Crippen molar-refractivity contribution in [3.05, 3.63) is 0 Å². The van der Waals surface area contributed by atoms with Crippen LogP contribution in [0.4, 0.5) is 0 Å². The molecule has 0 aliphatic carbocycles. The number of aliphatic imine (C=N–C) groups is 1. The maximum absolute atomic E-state index is 10.7. The first-order valence-electron chi connectivity index (χ1n) is 8.70. The number of nitrogens with two attached hydrogens (primary N) is 1. The van der Waals surface area contributed by atoms with Gasteiger partial charge in [-0.15, -0.1) is 0 Å². The Bertz CT molecular complexity index is 406. The van der Waals surface area contributed by atoms with E-state index in [1.54, 1.807) is 6.92 Å². The summed E-state index contributed by atoms with van der Waals surface area (Å²) in [6, 6.07) is 0.852. The third kappa shape index (κ3) is 6.59. The van der Waals surface area contributed by atoms with Crippen LogP contribution in [0.15, 0.2) is 4.99 Å². The van der Waals surface area contributed by atoms with Gasteiger partial charge in [-0.05, 0) is 25.7 Å². The van der Waals surface area contributed by atoms with Crippen LogP contribution >= 0.6 is 11.8 Å². The Kier molecular flexibility index (Phi) is 8.02. The maximum atomic E-state index is 10.7. The van der Waals surface area contributed by atoms with Crippen LogP contribution < -0.4 is 16.4 Å². The number of hydrogen-bond acceptors (Lipinski definition) is 6. The molecule has 2 heterocycles. The van der Waals surface area contributed by atoms with Crippen LogP contribution in [0.2, 0.25) is 0 Å². The number of guanidine groups is 1. The molecule has 1 fully saturated rings. The summed E-state index contributed by atoms with van der Waals surface area (Å²) in [6.07, 6.45) is 6.80. The van der Waals surface area contributed by atoms with Crippen molar-refractivity contribution in [2.75, 3.05) is 25.5 Å². The van der Waals surface area contributed by atoms with Crippen LogP contribution in [0, 0.1) is 0 Å². The third-order valence-corrected chi connectivity index (χ3v) is 5.77. The van der Waals surface area contributed by atoms with E-state index in [0.717, 1.165) is 44.8 Å². The molecule has 4 N–H and O–H groups in total. The van der Waals surface area contributed by atoms with E-state index >= 15 is 0 Å². The lowest BCUT2D eigenvalue weighted by Gasteiger charge is -2.14. The second-order valence-electron chi connectivity index (χ2n) is 6.28. The highest BCUT2D eigenvalue weighted by Crippen LogP contribution is 2.35. The molecule has 0 spiro atoms. The van der Waals surface area contributed by atoms with E-state index in [-0.39, 0.29) is 5.91 Å². The van der Waals surface area contributed by atoms with Gasteiger partial charge in [0.25, 0.3) is 0 Å². The van der Waals surface area contributed by atoms with Gasteiger partial charge in [0.2, 0.25) is 5.91 Å². The average Bonchev–Trinajstić information content (AvgIpc) is 3.04. The highest BCUT2D eigenvalue weighted by Gasteiger charge is 2.39. The normalized spacial score (nSPS) is 25.8. The molecule has 6 nitrogen and oxygen atoms in total. The number of ether oxygens (including phenoxy) is 1. The van der Waals surface area contributed by atoms with Gasteiger partial charge in [-0.3, -0.25) is 4.79 Å². The smallest absolute Gasteiger partial charge is 0.216 e. The molecule has 0 unspecified atom stereocenters. The lowest BCUT2D eigenvalue weighted by molar-refractivity contribution is -0.118. The van der Waals surface area contributed by atoms with Gasteiger partial charge >= 0.3 is 0 Å². The number of carbonyl (C=O) groups excluding carboxylic acids is 1. The quantitative estimate of drug-likeness (QED) is 0.492. The summed E-state index contributed by atoms with van der Waals surface area (Å²) in [7, 11) is 0. The number of unbranched alkanes of at least 4 members (excludes halogenated alkanes) is 3. The van der Waals surface area contributed by atoms with Gasteiger partial charge < -0.3 is 21.1 Å². The Labute approximate surface area is 143 Å². The largest absolute Gasteiger partial charge is 0.381 e. The molecule has 0 aromatic rings. The van der Waals surface area contributed by atoms with Crippen LogP contribution in [-0.2, 0) is 9.53 Å². The minimum atomic E-state index is 0.0411. The summed E-state index contributed by atoms with van der Waals surface area (Å²) in [5.74, 6) is 1.79. The molecule has 1 saturated heterocycles. The Morgan fingerprint density at radius 1 is 1.35 bits per heavy atom. The van der Waals surface area contributed by atoms with Crippen LogP contribution in [0.5, 0.6) is 0 Å². The maximum Gasteiger partial charge on any atom is 0.216 e. The van der Waals surface area contributed by atoms with E-state index in [4.69, 9.17) is 10.5 Å². The SMILES string of the molecule is CC(=O)NCCCCOCCCCC[C@@H]1SC[C@@H]2NC(N)=N[C@@H]21. The molecule has 23 heavy (non-hydrogen) atoms. The Balaban J connectivity index is 1.38. The number of amides is 1. The number of carbonyl (C=O) groups is 1. The van der Waals surface area contributed by atoms with Crippen molar-refractivity contribution in [1.82, 2.24) is 10.6 Å². The van der Waals surface area contributed by atoms with E-state index < -0.39 is 0 Å². The molecular formula is C16H30N4O2S. The molecule has 3 atom stereocenters. The topological polar surface area (TPSA) is 88.7 Å². The summed E-state index contributed by atoms with van der Waals surface area (Å²) in [6.45, 7) is 3.94. The monoisotopic (exact) mass is 342 g/mol. The first kappa shape index (κ1) is 18.4. The number of rotatable bonds is 11. The lowest BCUT2D eigenvalue weighted by atomic mass is 10.0. The van der Waals surface area contributed by atoms with Crippen molar-refractivity contribution in [2.24, 2.45) is 10.7 Å². The van der Waals surface area contributed by atoms with Gasteiger partial charge in [0.1, 0.15) is 0 Å². The molecule has 7 heteroatoms. The first-order chi connectivity index (χ1) is 11.2. The molecule has 0 radical (unpaired) electrons. The van der Waals surface area contributed by atoms with Gasteiger partial charge in [0, 0.05) is 37.7 Å². The van der Waals surface area contributed by atoms with Crippen molar-refractivity contribution < 1.29 is 9.53 Å². The molecule has 0 aromatic heterocycles. The fourth-order valence-corrected chi connectivity index (χ4v) is 4.56. The van der Waals surface area contributed by atoms with E-state index in [2.05, 4.69) is 15.6 Å². The van der Waals surface area contributed by atoms with Crippen LogP contribution in [0.25, 0.3) is 0 Å². The van der Waals surface area contributed by atoms with Gasteiger partial charge in [0.15, 0.2) is 5.96 Å². The third-order valence-electron chi connectivity index (χ3n) is 4.27. The summed E-state index contributed by atoms with van der Waals surface area (Å²) in [5.41, 5.74) is 5.75. The molecule has 0 aromatic carbocycles. The second-order valence-corrected chi connectivity index (χ2v) is 7.55. The zero-order valence-electron chi connectivity index (χ0n) is 14.1. The first-order valence-corrected chi connectivity index (χ1v) is 9.75. The minimum Gasteiger partial charge on any atom is -0.381 e. The average molecular weight is 343 g/mol. The van der Waals surface area contributed by atoms with E-state index in [1.165, 1.54) is 19.3 Å². The fourth-order valence-electron chi connectivity index (χ4n) is 3.05. The highest BCUT2D eigenvalue weighted by molar-refractivity contribution is 8.00. The molecule has 132 valence electrons. The number of hydrogen-bond donors (Lipinski definition) is 3. The second kappa shape index (κ2) is 10.0.